The average molecular weight is 238 g/mol. The third-order valence-corrected chi connectivity index (χ3v) is 3.49. The maximum absolute atomic E-state index is 5.00. The van der Waals surface area contributed by atoms with Crippen LogP contribution in [0.5, 0.6) is 0 Å². The van der Waals surface area contributed by atoms with Crippen LogP contribution in [0.4, 0.5) is 0 Å². The number of rotatable bonds is 12. The van der Waals surface area contributed by atoms with E-state index >= 15 is 0 Å². The molecule has 1 heterocycles. The van der Waals surface area contributed by atoms with Crippen molar-refractivity contribution in [2.24, 2.45) is 5.92 Å². The molecule has 0 amide bonds. The summed E-state index contributed by atoms with van der Waals surface area (Å²) in [6.07, 6.45) is 17.2. The van der Waals surface area contributed by atoms with Crippen LogP contribution in [0.3, 0.4) is 0 Å². The van der Waals surface area contributed by atoms with E-state index in [1.165, 1.54) is 76.4 Å². The summed E-state index contributed by atoms with van der Waals surface area (Å²) in [5.41, 5.74) is 0. The van der Waals surface area contributed by atoms with Crippen molar-refractivity contribution < 1.29 is 4.74 Å². The van der Waals surface area contributed by atoms with Gasteiger partial charge in [-0.3, -0.25) is 0 Å². The van der Waals surface area contributed by atoms with E-state index in [0.717, 1.165) is 5.92 Å². The van der Waals surface area contributed by atoms with E-state index in [1.807, 2.05) is 6.26 Å². The first-order valence-corrected chi connectivity index (χ1v) is 7.65. The van der Waals surface area contributed by atoms with Crippen molar-refractivity contribution in [1.29, 1.82) is 0 Å². The summed E-state index contributed by atoms with van der Waals surface area (Å²) in [4.78, 5) is 0. The molecule has 0 aromatic heterocycles. The van der Waals surface area contributed by atoms with Crippen LogP contribution >= 0.6 is 0 Å². The predicted molar refractivity (Wildman–Crippen MR) is 74.8 cm³/mol. The fourth-order valence-electron chi connectivity index (χ4n) is 2.25. The van der Waals surface area contributed by atoms with Gasteiger partial charge in [0.05, 0.1) is 0 Å². The minimum Gasteiger partial charge on any atom is -0.463 e. The fraction of sp³-hybridized carbons (Fsp3) is 0.875. The summed E-state index contributed by atoms with van der Waals surface area (Å²) in [5, 5.41) is 0. The Morgan fingerprint density at radius 1 is 0.824 bits per heavy atom. The van der Waals surface area contributed by atoms with Gasteiger partial charge in [-0.25, -0.2) is 0 Å². The third-order valence-electron chi connectivity index (χ3n) is 3.49. The molecule has 0 unspecified atom stereocenters. The van der Waals surface area contributed by atoms with Crippen molar-refractivity contribution in [3.05, 3.63) is 12.0 Å². The topological polar surface area (TPSA) is 12.5 Å². The first kappa shape index (κ1) is 14.6. The maximum atomic E-state index is 5.00. The Kier molecular flexibility index (Phi) is 8.21. The third kappa shape index (κ3) is 10.4. The van der Waals surface area contributed by atoms with Crippen molar-refractivity contribution in [3.8, 4) is 0 Å². The first-order chi connectivity index (χ1) is 8.29. The van der Waals surface area contributed by atoms with E-state index < -0.39 is 0 Å². The molecule has 1 rings (SSSR count). The Balaban J connectivity index is 1.65. The fourth-order valence-corrected chi connectivity index (χ4v) is 2.25. The molecule has 0 aromatic rings. The minimum atomic E-state index is 0.889. The number of hydrogen-bond donors (Lipinski definition) is 0. The average Bonchev–Trinajstić information content (AvgIpc) is 3.09. The first-order valence-electron chi connectivity index (χ1n) is 7.65. The van der Waals surface area contributed by atoms with Crippen LogP contribution in [0.1, 0.15) is 84.5 Å². The van der Waals surface area contributed by atoms with E-state index in [4.69, 9.17) is 4.74 Å². The lowest BCUT2D eigenvalue weighted by Crippen LogP contribution is -1.87. The molecule has 0 fully saturated rings. The smallest absolute Gasteiger partial charge is 0.138 e. The van der Waals surface area contributed by atoms with Gasteiger partial charge in [0.2, 0.25) is 0 Å². The lowest BCUT2D eigenvalue weighted by Gasteiger charge is -2.04. The largest absolute Gasteiger partial charge is 0.463 e. The van der Waals surface area contributed by atoms with E-state index in [1.54, 1.807) is 0 Å². The van der Waals surface area contributed by atoms with Gasteiger partial charge in [-0.15, -0.1) is 0 Å². The second kappa shape index (κ2) is 9.56. The van der Waals surface area contributed by atoms with E-state index in [0.29, 0.717) is 0 Å². The lowest BCUT2D eigenvalue weighted by molar-refractivity contribution is 0.469. The molecule has 0 bridgehead atoms. The molecule has 1 nitrogen and oxygen atoms in total. The number of ether oxygens (including phenoxy) is 1. The minimum absolute atomic E-state index is 0.889. The molecule has 0 spiro atoms. The summed E-state index contributed by atoms with van der Waals surface area (Å²) in [6.45, 7) is 4.64. The quantitative estimate of drug-likeness (QED) is 0.391. The van der Waals surface area contributed by atoms with Gasteiger partial charge in [-0.2, -0.15) is 0 Å². The highest BCUT2D eigenvalue weighted by molar-refractivity contribution is 5.01. The molecule has 0 radical (unpaired) electrons. The Bertz CT molecular complexity index is 206. The molecule has 0 atom stereocenters. The SMILES string of the molecule is CC(C)CCCCCCCCCCCC1=CO1. The van der Waals surface area contributed by atoms with Crippen LogP contribution in [0.25, 0.3) is 0 Å². The molecule has 1 aliphatic rings. The van der Waals surface area contributed by atoms with Gasteiger partial charge in [-0.1, -0.05) is 71.6 Å². The Hall–Kier alpha value is -0.460. The van der Waals surface area contributed by atoms with Crippen molar-refractivity contribution in [3.63, 3.8) is 0 Å². The summed E-state index contributed by atoms with van der Waals surface area (Å²) in [5.74, 6) is 2.11. The molecule has 0 aromatic carbocycles. The van der Waals surface area contributed by atoms with E-state index in [9.17, 15) is 0 Å². The standard InChI is InChI=1S/C16H30O/c1-15(2)12-10-8-6-4-3-5-7-9-11-13-16-14-17-16/h14-15H,3-13H2,1-2H3. The lowest BCUT2D eigenvalue weighted by atomic mass is 10.0. The van der Waals surface area contributed by atoms with Crippen molar-refractivity contribution >= 4 is 0 Å². The number of hydrogen-bond acceptors (Lipinski definition) is 1. The Morgan fingerprint density at radius 3 is 1.76 bits per heavy atom. The van der Waals surface area contributed by atoms with Gasteiger partial charge < -0.3 is 4.74 Å². The molecular weight excluding hydrogens is 208 g/mol. The van der Waals surface area contributed by atoms with Crippen LogP contribution in [0.15, 0.2) is 12.0 Å². The number of allylic oxidation sites excluding steroid dienone is 1. The molecule has 17 heavy (non-hydrogen) atoms. The summed E-state index contributed by atoms with van der Waals surface area (Å²) in [6, 6.07) is 0. The van der Waals surface area contributed by atoms with Gasteiger partial charge in [0.25, 0.3) is 0 Å². The van der Waals surface area contributed by atoms with Crippen molar-refractivity contribution in [1.82, 2.24) is 0 Å². The molecule has 0 saturated carbocycles. The van der Waals surface area contributed by atoms with Gasteiger partial charge >= 0.3 is 0 Å². The van der Waals surface area contributed by atoms with E-state index in [2.05, 4.69) is 13.8 Å². The molecule has 0 aliphatic carbocycles. The Labute approximate surface area is 108 Å². The van der Waals surface area contributed by atoms with Crippen LogP contribution in [-0.4, -0.2) is 0 Å². The van der Waals surface area contributed by atoms with Crippen molar-refractivity contribution in [2.75, 3.05) is 0 Å². The Morgan fingerprint density at radius 2 is 1.29 bits per heavy atom. The predicted octanol–water partition coefficient (Wildman–Crippen LogP) is 5.81. The molecule has 100 valence electrons. The van der Waals surface area contributed by atoms with Crippen LogP contribution in [0.2, 0.25) is 0 Å². The van der Waals surface area contributed by atoms with Crippen molar-refractivity contribution in [2.45, 2.75) is 84.5 Å². The normalized spacial score (nSPS) is 13.7. The van der Waals surface area contributed by atoms with Gasteiger partial charge in [-0.05, 0) is 12.3 Å². The van der Waals surface area contributed by atoms with Gasteiger partial charge in [0.1, 0.15) is 12.0 Å². The molecule has 1 heteroatoms. The summed E-state index contributed by atoms with van der Waals surface area (Å²) >= 11 is 0. The zero-order valence-corrected chi connectivity index (χ0v) is 11.8. The maximum Gasteiger partial charge on any atom is 0.138 e. The second-order valence-electron chi connectivity index (χ2n) is 5.82. The second-order valence-corrected chi connectivity index (χ2v) is 5.82. The summed E-state index contributed by atoms with van der Waals surface area (Å²) < 4.78 is 5.00. The zero-order valence-electron chi connectivity index (χ0n) is 11.8. The van der Waals surface area contributed by atoms with Crippen LogP contribution < -0.4 is 0 Å². The molecule has 1 aliphatic heterocycles. The number of unbranched alkanes of at least 4 members (excludes halogenated alkanes) is 8. The molecule has 0 N–H and O–H groups in total. The monoisotopic (exact) mass is 238 g/mol. The zero-order chi connectivity index (χ0) is 12.3. The van der Waals surface area contributed by atoms with Gasteiger partial charge in [0, 0.05) is 6.42 Å². The van der Waals surface area contributed by atoms with Gasteiger partial charge in [0.15, 0.2) is 0 Å². The summed E-state index contributed by atoms with van der Waals surface area (Å²) in [7, 11) is 0. The van der Waals surface area contributed by atoms with Crippen LogP contribution in [0, 0.1) is 5.92 Å². The van der Waals surface area contributed by atoms with E-state index in [-0.39, 0.29) is 0 Å². The highest BCUT2D eigenvalue weighted by Gasteiger charge is 2.07. The molecular formula is C16H30O. The highest BCUT2D eigenvalue weighted by atomic mass is 16.5. The van der Waals surface area contributed by atoms with Crippen LogP contribution in [-0.2, 0) is 4.74 Å². The molecule has 0 saturated heterocycles. The highest BCUT2D eigenvalue weighted by Crippen LogP contribution is 2.21.